The number of nitrogens with zero attached hydrogens (tertiary/aromatic N) is 5. The molecule has 0 spiro atoms. The summed E-state index contributed by atoms with van der Waals surface area (Å²) in [7, 11) is 0. The molecule has 3 aromatic heterocycles. The Hall–Kier alpha value is -9.27. The molecule has 0 amide bonds. The molecule has 0 saturated carbocycles. The van der Waals surface area contributed by atoms with Gasteiger partial charge in [0.15, 0.2) is 11.6 Å². The average Bonchev–Trinajstić information content (AvgIpc) is 3.76. The molecule has 0 radical (unpaired) electrons. The van der Waals surface area contributed by atoms with Gasteiger partial charge in [0.25, 0.3) is 0 Å². The van der Waals surface area contributed by atoms with E-state index in [1.165, 1.54) is 12.1 Å². The molecule has 0 unspecified atom stereocenters. The van der Waals surface area contributed by atoms with E-state index in [0.29, 0.717) is 28.5 Å². The predicted molar refractivity (Wildman–Crippen MR) is 280 cm³/mol. The maximum absolute atomic E-state index is 15.9. The monoisotopic (exact) mass is 923 g/mol. The molecule has 0 bridgehead atoms. The van der Waals surface area contributed by atoms with Crippen LogP contribution in [-0.4, -0.2) is 24.5 Å². The molecule has 71 heavy (non-hydrogen) atoms. The molecule has 3 heterocycles. The average molecular weight is 924 g/mol. The van der Waals surface area contributed by atoms with Crippen LogP contribution >= 0.6 is 0 Å². The lowest BCUT2D eigenvalue weighted by Crippen LogP contribution is -2.11. The lowest BCUT2D eigenvalue weighted by atomic mass is 9.98. The van der Waals surface area contributed by atoms with Crippen molar-refractivity contribution in [2.24, 2.45) is 0 Å². The number of hydrogen-bond donors (Lipinski definition) is 0. The number of benzene rings is 9. The molecule has 5 nitrogen and oxygen atoms in total. The molecular weight excluding hydrogens is 884 g/mol. The Balaban J connectivity index is 1.28. The van der Waals surface area contributed by atoms with E-state index < -0.39 is 11.7 Å². The summed E-state index contributed by atoms with van der Waals surface area (Å²) in [5, 5.41) is 1.81. The van der Waals surface area contributed by atoms with E-state index in [-0.39, 0.29) is 22.8 Å². The number of aromatic nitrogens is 5. The van der Waals surface area contributed by atoms with Gasteiger partial charge in [-0.2, -0.15) is 13.2 Å². The smallest absolute Gasteiger partial charge is 0.308 e. The van der Waals surface area contributed by atoms with Crippen LogP contribution in [0.5, 0.6) is 0 Å². The first-order valence-corrected chi connectivity index (χ1v) is 23.3. The Morgan fingerprint density at radius 2 is 0.592 bits per heavy atom. The fourth-order valence-corrected chi connectivity index (χ4v) is 9.42. The van der Waals surface area contributed by atoms with Crippen molar-refractivity contribution in [2.75, 3.05) is 0 Å². The Bertz CT molecular complexity index is 3520. The van der Waals surface area contributed by atoms with Crippen LogP contribution < -0.4 is 0 Å². The second-order valence-electron chi connectivity index (χ2n) is 17.3. The van der Waals surface area contributed by atoms with E-state index >= 15 is 13.2 Å². The largest absolute Gasteiger partial charge is 0.416 e. The molecule has 0 fully saturated rings. The molecule has 0 aliphatic carbocycles. The summed E-state index contributed by atoms with van der Waals surface area (Å²) in [6.45, 7) is 0. The Morgan fingerprint density at radius 1 is 0.296 bits per heavy atom. The van der Waals surface area contributed by atoms with Crippen LogP contribution in [0.2, 0.25) is 0 Å². The van der Waals surface area contributed by atoms with Crippen LogP contribution in [0.4, 0.5) is 13.2 Å². The fraction of sp³-hybridized carbons (Fsp3) is 0.0159. The summed E-state index contributed by atoms with van der Waals surface area (Å²) in [6, 6.07) is 77.5. The van der Waals surface area contributed by atoms with Gasteiger partial charge in [-0.05, 0) is 58.7 Å². The van der Waals surface area contributed by atoms with Crippen molar-refractivity contribution in [3.63, 3.8) is 0 Å². The predicted octanol–water partition coefficient (Wildman–Crippen LogP) is 16.7. The molecule has 0 aliphatic heterocycles. The molecule has 9 aromatic carbocycles. The second kappa shape index (κ2) is 18.0. The lowest BCUT2D eigenvalue weighted by Gasteiger charge is -2.22. The molecule has 0 N–H and O–H groups in total. The number of rotatable bonds is 9. The Morgan fingerprint density at radius 3 is 0.887 bits per heavy atom. The van der Waals surface area contributed by atoms with Crippen LogP contribution in [0.25, 0.3) is 118 Å². The first kappa shape index (κ1) is 43.0. The summed E-state index contributed by atoms with van der Waals surface area (Å²) in [5.41, 5.74) is 10.5. The first-order valence-electron chi connectivity index (χ1n) is 23.3. The molecule has 0 atom stereocenters. The van der Waals surface area contributed by atoms with Gasteiger partial charge >= 0.3 is 6.18 Å². The zero-order chi connectivity index (χ0) is 47.9. The highest BCUT2D eigenvalue weighted by molar-refractivity contribution is 6.12. The maximum atomic E-state index is 15.9. The van der Waals surface area contributed by atoms with Gasteiger partial charge in [-0.25, -0.2) is 19.9 Å². The maximum Gasteiger partial charge on any atom is 0.416 e. The van der Waals surface area contributed by atoms with E-state index in [2.05, 4.69) is 65.2 Å². The van der Waals surface area contributed by atoms with Crippen molar-refractivity contribution >= 4 is 21.8 Å². The number of alkyl halides is 3. The lowest BCUT2D eigenvalue weighted by molar-refractivity contribution is -0.137. The van der Waals surface area contributed by atoms with Crippen molar-refractivity contribution in [1.29, 1.82) is 0 Å². The molecule has 0 saturated heterocycles. The number of fused-ring (bicyclic) bond motifs is 3. The Kier molecular flexibility index (Phi) is 10.9. The van der Waals surface area contributed by atoms with E-state index in [9.17, 15) is 0 Å². The topological polar surface area (TPSA) is 56.5 Å². The van der Waals surface area contributed by atoms with Crippen LogP contribution in [0, 0.1) is 0 Å². The molecule has 8 heteroatoms. The molecule has 338 valence electrons. The summed E-state index contributed by atoms with van der Waals surface area (Å²) >= 11 is 0. The van der Waals surface area contributed by atoms with Gasteiger partial charge in [-0.15, -0.1) is 0 Å². The highest BCUT2D eigenvalue weighted by Crippen LogP contribution is 2.46. The normalized spacial score (nSPS) is 11.6. The van der Waals surface area contributed by atoms with Crippen molar-refractivity contribution < 1.29 is 13.2 Å². The first-order chi connectivity index (χ1) is 34.8. The standard InChI is InChI=1S/C63H40F3N5/c64-63(65,66)49-37-52(61-67-54(43-23-11-3-12-24-43)39-55(68-61)44-25-13-4-14-26-44)60(53(38-49)62-69-56(45-27-15-5-16-28-45)40-57(70-62)46-29-17-6-18-30-46)71-58-35-47(41-19-7-1-8-20-41)31-33-50(58)51-34-32-48(36-59(51)71)42-21-9-2-10-22-42/h1-40H. The van der Waals surface area contributed by atoms with Gasteiger partial charge in [-0.1, -0.05) is 206 Å². The van der Waals surface area contributed by atoms with Crippen LogP contribution in [0.15, 0.2) is 243 Å². The summed E-state index contributed by atoms with van der Waals surface area (Å²) in [5.74, 6) is 0.201. The third-order valence-electron chi connectivity index (χ3n) is 12.9. The highest BCUT2D eigenvalue weighted by Gasteiger charge is 2.35. The molecular formula is C63H40F3N5. The van der Waals surface area contributed by atoms with Gasteiger partial charge in [0, 0.05) is 44.2 Å². The van der Waals surface area contributed by atoms with Crippen LogP contribution in [0.1, 0.15) is 5.56 Å². The summed E-state index contributed by atoms with van der Waals surface area (Å²) < 4.78 is 49.9. The minimum Gasteiger partial charge on any atom is -0.308 e. The van der Waals surface area contributed by atoms with Crippen LogP contribution in [-0.2, 0) is 6.18 Å². The van der Waals surface area contributed by atoms with Gasteiger partial charge in [0.05, 0.1) is 45.1 Å². The van der Waals surface area contributed by atoms with Crippen molar-refractivity contribution in [1.82, 2.24) is 24.5 Å². The third-order valence-corrected chi connectivity index (χ3v) is 12.9. The summed E-state index contributed by atoms with van der Waals surface area (Å²) in [6.07, 6.45) is -4.80. The molecule has 12 rings (SSSR count). The van der Waals surface area contributed by atoms with Crippen LogP contribution in [0.3, 0.4) is 0 Å². The highest BCUT2D eigenvalue weighted by atomic mass is 19.4. The van der Waals surface area contributed by atoms with Gasteiger partial charge < -0.3 is 4.57 Å². The minimum absolute atomic E-state index is 0.100. The number of halogens is 3. The van der Waals surface area contributed by atoms with E-state index in [4.69, 9.17) is 19.9 Å². The zero-order valence-corrected chi connectivity index (χ0v) is 38.0. The number of hydrogen-bond acceptors (Lipinski definition) is 4. The quantitative estimate of drug-likeness (QED) is 0.145. The van der Waals surface area contributed by atoms with E-state index in [1.54, 1.807) is 0 Å². The second-order valence-corrected chi connectivity index (χ2v) is 17.3. The molecule has 0 aliphatic rings. The summed E-state index contributed by atoms with van der Waals surface area (Å²) in [4.78, 5) is 20.9. The van der Waals surface area contributed by atoms with Gasteiger partial charge in [0.2, 0.25) is 0 Å². The van der Waals surface area contributed by atoms with Crippen molar-refractivity contribution in [2.45, 2.75) is 6.18 Å². The van der Waals surface area contributed by atoms with Gasteiger partial charge in [-0.3, -0.25) is 0 Å². The van der Waals surface area contributed by atoms with Crippen molar-refractivity contribution in [3.8, 4) is 95.7 Å². The molecule has 12 aromatic rings. The van der Waals surface area contributed by atoms with E-state index in [0.717, 1.165) is 66.3 Å². The Labute approximate surface area is 407 Å². The van der Waals surface area contributed by atoms with Crippen molar-refractivity contribution in [3.05, 3.63) is 248 Å². The minimum atomic E-state index is -4.80. The van der Waals surface area contributed by atoms with Gasteiger partial charge in [0.1, 0.15) is 0 Å². The fourth-order valence-electron chi connectivity index (χ4n) is 9.42. The zero-order valence-electron chi connectivity index (χ0n) is 38.0. The van der Waals surface area contributed by atoms with E-state index in [1.807, 2.05) is 170 Å². The SMILES string of the molecule is FC(F)(F)c1cc(-c2nc(-c3ccccc3)cc(-c3ccccc3)n2)c(-n2c3cc(-c4ccccc4)ccc3c3ccc(-c4ccccc4)cc32)c(-c2nc(-c3ccccc3)cc(-c3ccccc3)n2)c1. The third kappa shape index (κ3) is 8.31.